The quantitative estimate of drug-likeness (QED) is 0.273. The minimum Gasteiger partial charge on any atom is -0.507 e. The number of hydrogen-bond donors (Lipinski definition) is 2. The molecule has 2 heterocycles. The summed E-state index contributed by atoms with van der Waals surface area (Å²) in [7, 11) is 3.12. The smallest absolute Gasteiger partial charge is 0.345 e. The van der Waals surface area contributed by atoms with E-state index in [-0.39, 0.29) is 5.75 Å². The van der Waals surface area contributed by atoms with Crippen LogP contribution in [0.25, 0.3) is 22.2 Å². The third kappa shape index (κ3) is 3.96. The van der Waals surface area contributed by atoms with Gasteiger partial charge in [0.15, 0.2) is 0 Å². The summed E-state index contributed by atoms with van der Waals surface area (Å²) in [6.07, 6.45) is 1.45. The van der Waals surface area contributed by atoms with Gasteiger partial charge in [-0.2, -0.15) is 5.10 Å². The van der Waals surface area contributed by atoms with Crippen molar-refractivity contribution < 1.29 is 19.0 Å². The molecule has 0 unspecified atom stereocenters. The highest BCUT2D eigenvalue weighted by molar-refractivity contribution is 7.14. The van der Waals surface area contributed by atoms with E-state index >= 15 is 0 Å². The molecular weight excluding hydrogens is 406 g/mol. The van der Waals surface area contributed by atoms with E-state index in [2.05, 4.69) is 15.5 Å². The summed E-state index contributed by atoms with van der Waals surface area (Å²) in [6, 6.07) is 11.8. The van der Waals surface area contributed by atoms with Crippen LogP contribution in [0.15, 0.2) is 62.2 Å². The third-order valence-electron chi connectivity index (χ3n) is 4.32. The molecule has 0 spiro atoms. The summed E-state index contributed by atoms with van der Waals surface area (Å²) in [6.45, 7) is 0. The molecule has 0 radical (unpaired) electrons. The number of aromatic hydroxyl groups is 1. The monoisotopic (exact) mass is 423 g/mol. The molecule has 0 aliphatic rings. The van der Waals surface area contributed by atoms with Crippen LogP contribution in [0.1, 0.15) is 5.56 Å². The van der Waals surface area contributed by atoms with Crippen LogP contribution in [-0.4, -0.2) is 30.5 Å². The van der Waals surface area contributed by atoms with E-state index in [4.69, 9.17) is 13.9 Å². The fraction of sp³-hybridized carbons (Fsp3) is 0.0952. The van der Waals surface area contributed by atoms with Gasteiger partial charge in [-0.25, -0.2) is 9.78 Å². The fourth-order valence-corrected chi connectivity index (χ4v) is 3.44. The molecule has 2 N–H and O–H groups in total. The lowest BCUT2D eigenvalue weighted by Crippen LogP contribution is -2.03. The van der Waals surface area contributed by atoms with Crippen LogP contribution in [0.2, 0.25) is 0 Å². The Kier molecular flexibility index (Phi) is 5.36. The van der Waals surface area contributed by atoms with Crippen LogP contribution >= 0.6 is 11.3 Å². The Morgan fingerprint density at radius 3 is 2.70 bits per heavy atom. The van der Waals surface area contributed by atoms with E-state index in [9.17, 15) is 9.90 Å². The van der Waals surface area contributed by atoms with Crippen LogP contribution in [-0.2, 0) is 0 Å². The summed E-state index contributed by atoms with van der Waals surface area (Å²) < 4.78 is 15.7. The number of phenolic OH excluding ortho intramolecular Hbond substituents is 1. The second-order valence-corrected chi connectivity index (χ2v) is 7.04. The Balaban J connectivity index is 1.57. The zero-order chi connectivity index (χ0) is 21.1. The van der Waals surface area contributed by atoms with Gasteiger partial charge in [-0.15, -0.1) is 11.3 Å². The molecule has 4 rings (SSSR count). The molecule has 0 aliphatic heterocycles. The number of aromatic nitrogens is 1. The molecule has 9 heteroatoms. The molecule has 0 amide bonds. The zero-order valence-electron chi connectivity index (χ0n) is 16.1. The number of rotatable bonds is 6. The summed E-state index contributed by atoms with van der Waals surface area (Å²) in [5.74, 6) is 1.34. The van der Waals surface area contributed by atoms with Crippen molar-refractivity contribution in [3.05, 3.63) is 63.8 Å². The molecule has 2 aromatic carbocycles. The minimum absolute atomic E-state index is 0.0744. The second-order valence-electron chi connectivity index (χ2n) is 6.18. The van der Waals surface area contributed by atoms with Gasteiger partial charge >= 0.3 is 5.63 Å². The molecule has 0 bridgehead atoms. The standard InChI is InChI=1S/C21H17N3O5S/c1-27-14-3-5-18(25)13(8-14)10-22-24-21-23-17(11-30-21)16-9-12-7-15(28-2)4-6-19(12)29-20(16)26/h3-11,25H,1-2H3,(H,23,24)/b22-10+. The number of ether oxygens (including phenoxy) is 2. The van der Waals surface area contributed by atoms with Gasteiger partial charge in [0.2, 0.25) is 5.13 Å². The number of anilines is 1. The van der Waals surface area contributed by atoms with E-state index in [0.717, 1.165) is 5.39 Å². The van der Waals surface area contributed by atoms with Crippen LogP contribution in [0.3, 0.4) is 0 Å². The van der Waals surface area contributed by atoms with Gasteiger partial charge in [0.1, 0.15) is 22.8 Å². The Morgan fingerprint density at radius 1 is 1.13 bits per heavy atom. The van der Waals surface area contributed by atoms with Gasteiger partial charge in [-0.3, -0.25) is 5.43 Å². The van der Waals surface area contributed by atoms with Crippen molar-refractivity contribution in [3.63, 3.8) is 0 Å². The van der Waals surface area contributed by atoms with E-state index < -0.39 is 5.63 Å². The lowest BCUT2D eigenvalue weighted by Gasteiger charge is -2.03. The summed E-state index contributed by atoms with van der Waals surface area (Å²) in [5.41, 5.74) is 4.09. The first-order valence-corrected chi connectivity index (χ1v) is 9.69. The highest BCUT2D eigenvalue weighted by atomic mass is 32.1. The predicted octanol–water partition coefficient (Wildman–Crippen LogP) is 4.09. The van der Waals surface area contributed by atoms with Crippen molar-refractivity contribution >= 4 is 33.7 Å². The number of nitrogens with one attached hydrogen (secondary N) is 1. The number of thiazole rings is 1. The van der Waals surface area contributed by atoms with Crippen LogP contribution in [0, 0.1) is 0 Å². The van der Waals surface area contributed by atoms with Gasteiger partial charge in [-0.1, -0.05) is 0 Å². The lowest BCUT2D eigenvalue weighted by atomic mass is 10.1. The summed E-state index contributed by atoms with van der Waals surface area (Å²) >= 11 is 1.28. The van der Waals surface area contributed by atoms with Crippen LogP contribution in [0.5, 0.6) is 17.2 Å². The maximum atomic E-state index is 12.4. The molecule has 0 atom stereocenters. The molecular formula is C21H17N3O5S. The Hall–Kier alpha value is -3.85. The first-order chi connectivity index (χ1) is 14.6. The Morgan fingerprint density at radius 2 is 1.90 bits per heavy atom. The molecule has 2 aromatic heterocycles. The van der Waals surface area contributed by atoms with Crippen LogP contribution in [0.4, 0.5) is 5.13 Å². The Labute approximate surface area is 175 Å². The molecule has 152 valence electrons. The number of phenols is 1. The third-order valence-corrected chi connectivity index (χ3v) is 5.06. The van der Waals surface area contributed by atoms with Crippen molar-refractivity contribution in [2.75, 3.05) is 19.6 Å². The number of benzene rings is 2. The fourth-order valence-electron chi connectivity index (χ4n) is 2.78. The van der Waals surface area contributed by atoms with Gasteiger partial charge in [-0.05, 0) is 42.5 Å². The molecule has 4 aromatic rings. The molecule has 0 aliphatic carbocycles. The van der Waals surface area contributed by atoms with Crippen molar-refractivity contribution in [1.29, 1.82) is 0 Å². The molecule has 30 heavy (non-hydrogen) atoms. The molecule has 8 nitrogen and oxygen atoms in total. The SMILES string of the molecule is COc1ccc(O)c(/C=N/Nc2nc(-c3cc4cc(OC)ccc4oc3=O)cs2)c1. The van der Waals surface area contributed by atoms with E-state index in [1.807, 2.05) is 0 Å². The Bertz CT molecular complexity index is 1300. The molecule has 0 saturated carbocycles. The highest BCUT2D eigenvalue weighted by Gasteiger charge is 2.12. The number of hydrogen-bond acceptors (Lipinski definition) is 9. The normalized spacial score (nSPS) is 11.1. The second kappa shape index (κ2) is 8.26. The summed E-state index contributed by atoms with van der Waals surface area (Å²) in [5, 5.41) is 16.9. The number of methoxy groups -OCH3 is 2. The topological polar surface area (TPSA) is 106 Å². The van der Waals surface area contributed by atoms with E-state index in [0.29, 0.717) is 39.0 Å². The highest BCUT2D eigenvalue weighted by Crippen LogP contribution is 2.27. The van der Waals surface area contributed by atoms with Crippen molar-refractivity contribution in [2.45, 2.75) is 0 Å². The van der Waals surface area contributed by atoms with E-state index in [1.165, 1.54) is 23.6 Å². The van der Waals surface area contributed by atoms with Gasteiger partial charge in [0.25, 0.3) is 0 Å². The van der Waals surface area contributed by atoms with Gasteiger partial charge in [0, 0.05) is 16.3 Å². The maximum Gasteiger partial charge on any atom is 0.345 e. The summed E-state index contributed by atoms with van der Waals surface area (Å²) in [4.78, 5) is 16.8. The first kappa shape index (κ1) is 19.5. The predicted molar refractivity (Wildman–Crippen MR) is 116 cm³/mol. The average Bonchev–Trinajstić information content (AvgIpc) is 3.23. The largest absolute Gasteiger partial charge is 0.507 e. The number of fused-ring (bicyclic) bond motifs is 1. The maximum absolute atomic E-state index is 12.4. The minimum atomic E-state index is -0.477. The molecule has 0 saturated heterocycles. The van der Waals surface area contributed by atoms with Crippen molar-refractivity contribution in [1.82, 2.24) is 4.98 Å². The van der Waals surface area contributed by atoms with Crippen LogP contribution < -0.4 is 20.5 Å². The number of nitrogens with zero attached hydrogens (tertiary/aromatic N) is 2. The van der Waals surface area contributed by atoms with Gasteiger partial charge in [0.05, 0.1) is 31.7 Å². The molecule has 0 fully saturated rings. The zero-order valence-corrected chi connectivity index (χ0v) is 16.9. The van der Waals surface area contributed by atoms with E-state index in [1.54, 1.807) is 56.0 Å². The van der Waals surface area contributed by atoms with Gasteiger partial charge < -0.3 is 19.0 Å². The van der Waals surface area contributed by atoms with Crippen molar-refractivity contribution in [2.24, 2.45) is 5.10 Å². The van der Waals surface area contributed by atoms with Crippen molar-refractivity contribution in [3.8, 4) is 28.5 Å². The number of hydrazone groups is 1. The average molecular weight is 423 g/mol. The first-order valence-electron chi connectivity index (χ1n) is 8.81. The lowest BCUT2D eigenvalue weighted by molar-refractivity contribution is 0.412.